The van der Waals surface area contributed by atoms with Crippen LogP contribution in [0.1, 0.15) is 13.3 Å². The molecule has 0 radical (unpaired) electrons. The first kappa shape index (κ1) is 13.6. The Bertz CT molecular complexity index is 340. The molecule has 0 unspecified atom stereocenters. The van der Waals surface area contributed by atoms with Gasteiger partial charge in [0.2, 0.25) is 0 Å². The van der Waals surface area contributed by atoms with E-state index in [0.717, 1.165) is 24.5 Å². The van der Waals surface area contributed by atoms with Crippen molar-refractivity contribution in [3.8, 4) is 11.5 Å². The van der Waals surface area contributed by atoms with E-state index in [4.69, 9.17) is 15.2 Å². The molecule has 2 N–H and O–H groups in total. The Labute approximate surface area is 103 Å². The highest BCUT2D eigenvalue weighted by molar-refractivity contribution is 5.50. The SMILES string of the molecule is CCOc1cc(N)cc(OCCCN(C)C)c1. The zero-order chi connectivity index (χ0) is 12.7. The quantitative estimate of drug-likeness (QED) is 0.583. The highest BCUT2D eigenvalue weighted by Gasteiger charge is 2.01. The molecule has 0 fully saturated rings. The van der Waals surface area contributed by atoms with Gasteiger partial charge in [-0.3, -0.25) is 0 Å². The summed E-state index contributed by atoms with van der Waals surface area (Å²) in [6.45, 7) is 4.28. The molecule has 0 saturated heterocycles. The largest absolute Gasteiger partial charge is 0.494 e. The summed E-state index contributed by atoms with van der Waals surface area (Å²) in [5.41, 5.74) is 6.44. The van der Waals surface area contributed by atoms with Crippen LogP contribution in [-0.2, 0) is 0 Å². The van der Waals surface area contributed by atoms with Crippen LogP contribution >= 0.6 is 0 Å². The second-order valence-electron chi connectivity index (χ2n) is 4.18. The third kappa shape index (κ3) is 5.45. The summed E-state index contributed by atoms with van der Waals surface area (Å²) in [5.74, 6) is 1.53. The molecule has 96 valence electrons. The smallest absolute Gasteiger partial charge is 0.125 e. The molecule has 1 rings (SSSR count). The number of anilines is 1. The average molecular weight is 238 g/mol. The Hall–Kier alpha value is -1.42. The minimum absolute atomic E-state index is 0.628. The molecule has 4 nitrogen and oxygen atoms in total. The molecule has 0 aliphatic carbocycles. The van der Waals surface area contributed by atoms with Crippen molar-refractivity contribution in [3.05, 3.63) is 18.2 Å². The van der Waals surface area contributed by atoms with Crippen molar-refractivity contribution in [2.75, 3.05) is 39.6 Å². The Morgan fingerprint density at radius 3 is 2.35 bits per heavy atom. The number of hydrogen-bond donors (Lipinski definition) is 1. The molecule has 0 bridgehead atoms. The molecule has 0 saturated carbocycles. The van der Waals surface area contributed by atoms with E-state index >= 15 is 0 Å². The van der Waals surface area contributed by atoms with E-state index in [0.29, 0.717) is 18.9 Å². The first-order chi connectivity index (χ1) is 8.11. The third-order valence-electron chi connectivity index (χ3n) is 2.23. The zero-order valence-corrected chi connectivity index (χ0v) is 10.9. The van der Waals surface area contributed by atoms with Crippen LogP contribution in [0.25, 0.3) is 0 Å². The highest BCUT2D eigenvalue weighted by Crippen LogP contribution is 2.24. The number of nitrogens with zero attached hydrogens (tertiary/aromatic N) is 1. The number of ether oxygens (including phenoxy) is 2. The molecule has 0 aliphatic heterocycles. The maximum Gasteiger partial charge on any atom is 0.125 e. The van der Waals surface area contributed by atoms with Gasteiger partial charge >= 0.3 is 0 Å². The molecule has 4 heteroatoms. The van der Waals surface area contributed by atoms with Gasteiger partial charge in [0, 0.05) is 30.4 Å². The summed E-state index contributed by atoms with van der Waals surface area (Å²) in [7, 11) is 4.10. The normalized spacial score (nSPS) is 10.6. The van der Waals surface area contributed by atoms with E-state index in [9.17, 15) is 0 Å². The summed E-state index contributed by atoms with van der Waals surface area (Å²) < 4.78 is 11.0. The third-order valence-corrected chi connectivity index (χ3v) is 2.23. The van der Waals surface area contributed by atoms with Crippen LogP contribution in [0.5, 0.6) is 11.5 Å². The van der Waals surface area contributed by atoms with Gasteiger partial charge in [-0.1, -0.05) is 0 Å². The van der Waals surface area contributed by atoms with Crippen molar-refractivity contribution in [1.29, 1.82) is 0 Å². The number of nitrogen functional groups attached to an aromatic ring is 1. The molecule has 17 heavy (non-hydrogen) atoms. The number of benzene rings is 1. The molecule has 0 spiro atoms. The first-order valence-electron chi connectivity index (χ1n) is 5.92. The summed E-state index contributed by atoms with van der Waals surface area (Å²) in [4.78, 5) is 2.13. The zero-order valence-electron chi connectivity index (χ0n) is 10.9. The van der Waals surface area contributed by atoms with Crippen LogP contribution in [0.3, 0.4) is 0 Å². The van der Waals surface area contributed by atoms with Crippen molar-refractivity contribution in [1.82, 2.24) is 4.90 Å². The molecular weight excluding hydrogens is 216 g/mol. The average Bonchev–Trinajstić information content (AvgIpc) is 2.24. The van der Waals surface area contributed by atoms with Gasteiger partial charge in [0.05, 0.1) is 13.2 Å². The van der Waals surface area contributed by atoms with Crippen LogP contribution in [0.4, 0.5) is 5.69 Å². The Morgan fingerprint density at radius 1 is 1.12 bits per heavy atom. The molecule has 0 amide bonds. The molecular formula is C13H22N2O2. The van der Waals surface area contributed by atoms with Gasteiger partial charge in [-0.05, 0) is 27.4 Å². The van der Waals surface area contributed by atoms with E-state index in [1.165, 1.54) is 0 Å². The number of hydrogen-bond acceptors (Lipinski definition) is 4. The van der Waals surface area contributed by atoms with Crippen LogP contribution in [0.2, 0.25) is 0 Å². The lowest BCUT2D eigenvalue weighted by Crippen LogP contribution is -2.15. The maximum absolute atomic E-state index is 5.77. The topological polar surface area (TPSA) is 47.7 Å². The number of rotatable bonds is 7. The van der Waals surface area contributed by atoms with Crippen molar-refractivity contribution < 1.29 is 9.47 Å². The van der Waals surface area contributed by atoms with Crippen LogP contribution in [0, 0.1) is 0 Å². The van der Waals surface area contributed by atoms with Gasteiger partial charge in [0.1, 0.15) is 11.5 Å². The standard InChI is InChI=1S/C13H22N2O2/c1-4-16-12-8-11(14)9-13(10-12)17-7-5-6-15(2)3/h8-10H,4-7,14H2,1-3H3. The molecule has 0 aromatic heterocycles. The van der Waals surface area contributed by atoms with Crippen molar-refractivity contribution >= 4 is 5.69 Å². The lowest BCUT2D eigenvalue weighted by Gasteiger charge is -2.12. The Morgan fingerprint density at radius 2 is 1.76 bits per heavy atom. The van der Waals surface area contributed by atoms with Gasteiger partial charge in [-0.2, -0.15) is 0 Å². The second-order valence-corrected chi connectivity index (χ2v) is 4.18. The predicted octanol–water partition coefficient (Wildman–Crippen LogP) is 2.00. The van der Waals surface area contributed by atoms with Crippen molar-refractivity contribution in [2.45, 2.75) is 13.3 Å². The van der Waals surface area contributed by atoms with E-state index in [1.54, 1.807) is 6.07 Å². The molecule has 0 heterocycles. The lowest BCUT2D eigenvalue weighted by molar-refractivity contribution is 0.279. The van der Waals surface area contributed by atoms with Crippen LogP contribution in [0.15, 0.2) is 18.2 Å². The Kier molecular flexibility index (Phi) is 5.63. The van der Waals surface area contributed by atoms with Crippen molar-refractivity contribution in [2.24, 2.45) is 0 Å². The van der Waals surface area contributed by atoms with E-state index in [2.05, 4.69) is 4.90 Å². The molecule has 1 aromatic rings. The van der Waals surface area contributed by atoms with Gasteiger partial charge in [0.25, 0.3) is 0 Å². The fourth-order valence-electron chi connectivity index (χ4n) is 1.50. The van der Waals surface area contributed by atoms with Crippen LogP contribution in [-0.4, -0.2) is 38.8 Å². The number of nitrogens with two attached hydrogens (primary N) is 1. The van der Waals surface area contributed by atoms with Gasteiger partial charge < -0.3 is 20.1 Å². The van der Waals surface area contributed by atoms with Gasteiger partial charge in [-0.15, -0.1) is 0 Å². The fraction of sp³-hybridized carbons (Fsp3) is 0.538. The van der Waals surface area contributed by atoms with Crippen molar-refractivity contribution in [3.63, 3.8) is 0 Å². The molecule has 0 aliphatic rings. The lowest BCUT2D eigenvalue weighted by atomic mass is 10.3. The summed E-state index contributed by atoms with van der Waals surface area (Å²) in [6.07, 6.45) is 0.992. The molecule has 0 atom stereocenters. The van der Waals surface area contributed by atoms with E-state index in [-0.39, 0.29) is 0 Å². The van der Waals surface area contributed by atoms with E-state index < -0.39 is 0 Å². The Balaban J connectivity index is 2.46. The second kappa shape index (κ2) is 7.01. The minimum atomic E-state index is 0.628. The van der Waals surface area contributed by atoms with E-state index in [1.807, 2.05) is 33.2 Å². The maximum atomic E-state index is 5.77. The predicted molar refractivity (Wildman–Crippen MR) is 70.7 cm³/mol. The summed E-state index contributed by atoms with van der Waals surface area (Å²) >= 11 is 0. The molecule has 1 aromatic carbocycles. The monoisotopic (exact) mass is 238 g/mol. The fourth-order valence-corrected chi connectivity index (χ4v) is 1.50. The first-order valence-corrected chi connectivity index (χ1v) is 5.92. The summed E-state index contributed by atoms with van der Waals surface area (Å²) in [5, 5.41) is 0. The van der Waals surface area contributed by atoms with Crippen LogP contribution < -0.4 is 15.2 Å². The summed E-state index contributed by atoms with van der Waals surface area (Å²) in [6, 6.07) is 5.49. The minimum Gasteiger partial charge on any atom is -0.494 e. The van der Waals surface area contributed by atoms with Gasteiger partial charge in [0.15, 0.2) is 0 Å². The highest BCUT2D eigenvalue weighted by atomic mass is 16.5. The van der Waals surface area contributed by atoms with Gasteiger partial charge in [-0.25, -0.2) is 0 Å².